The lowest BCUT2D eigenvalue weighted by molar-refractivity contribution is -0.141. The first-order chi connectivity index (χ1) is 15.4. The predicted octanol–water partition coefficient (Wildman–Crippen LogP) is 5.42. The lowest BCUT2D eigenvalue weighted by Crippen LogP contribution is -2.52. The SMILES string of the molecule is CC[C@H](C(=O)NC1CCCCC1)N(Cc1ccc(F)cc1)C(=O)Cc1c(F)cccc1Cl. The second kappa shape index (κ2) is 11.4. The topological polar surface area (TPSA) is 49.4 Å². The Hall–Kier alpha value is -2.47. The van der Waals surface area contributed by atoms with Gasteiger partial charge >= 0.3 is 0 Å². The minimum absolute atomic E-state index is 0.103. The molecule has 2 amide bonds. The van der Waals surface area contributed by atoms with E-state index in [2.05, 4.69) is 5.32 Å². The van der Waals surface area contributed by atoms with Crippen LogP contribution in [-0.2, 0) is 22.6 Å². The third-order valence-corrected chi connectivity index (χ3v) is 6.35. The van der Waals surface area contributed by atoms with Crippen LogP contribution in [0, 0.1) is 11.6 Å². The van der Waals surface area contributed by atoms with Crippen molar-refractivity contribution in [1.29, 1.82) is 0 Å². The number of nitrogens with one attached hydrogen (secondary N) is 1. The molecule has 0 unspecified atom stereocenters. The Kier molecular flexibility index (Phi) is 8.62. The van der Waals surface area contributed by atoms with Crippen LogP contribution in [0.4, 0.5) is 8.78 Å². The maximum Gasteiger partial charge on any atom is 0.243 e. The van der Waals surface area contributed by atoms with Crippen molar-refractivity contribution in [2.24, 2.45) is 0 Å². The van der Waals surface area contributed by atoms with Crippen molar-refractivity contribution in [3.63, 3.8) is 0 Å². The van der Waals surface area contributed by atoms with Crippen molar-refractivity contribution in [3.8, 4) is 0 Å². The number of benzene rings is 2. The van der Waals surface area contributed by atoms with Gasteiger partial charge < -0.3 is 10.2 Å². The molecule has 1 saturated carbocycles. The maximum atomic E-state index is 14.3. The molecule has 0 aliphatic heterocycles. The van der Waals surface area contributed by atoms with E-state index < -0.39 is 17.8 Å². The van der Waals surface area contributed by atoms with Gasteiger partial charge in [-0.25, -0.2) is 8.78 Å². The van der Waals surface area contributed by atoms with Gasteiger partial charge in [0.1, 0.15) is 17.7 Å². The van der Waals surface area contributed by atoms with E-state index in [1.165, 1.54) is 41.7 Å². The summed E-state index contributed by atoms with van der Waals surface area (Å²) >= 11 is 6.13. The predicted molar refractivity (Wildman–Crippen MR) is 121 cm³/mol. The summed E-state index contributed by atoms with van der Waals surface area (Å²) in [5, 5.41) is 3.26. The van der Waals surface area contributed by atoms with Gasteiger partial charge in [0.15, 0.2) is 0 Å². The number of carbonyl (C=O) groups excluding carboxylic acids is 2. The lowest BCUT2D eigenvalue weighted by atomic mass is 9.95. The number of amides is 2. The Balaban J connectivity index is 1.84. The van der Waals surface area contributed by atoms with Gasteiger partial charge in [-0.05, 0) is 49.1 Å². The van der Waals surface area contributed by atoms with Gasteiger partial charge in [0.2, 0.25) is 11.8 Å². The minimum Gasteiger partial charge on any atom is -0.352 e. The van der Waals surface area contributed by atoms with Crippen LogP contribution in [0.3, 0.4) is 0 Å². The van der Waals surface area contributed by atoms with Crippen molar-refractivity contribution in [2.45, 2.75) is 70.5 Å². The molecule has 1 fully saturated rings. The summed E-state index contributed by atoms with van der Waals surface area (Å²) in [6.07, 6.45) is 5.31. The fraction of sp³-hybridized carbons (Fsp3) is 0.440. The molecule has 32 heavy (non-hydrogen) atoms. The van der Waals surface area contributed by atoms with E-state index in [0.717, 1.165) is 25.7 Å². The first kappa shape index (κ1) is 24.2. The molecule has 0 saturated heterocycles. The van der Waals surface area contributed by atoms with Crippen LogP contribution < -0.4 is 5.32 Å². The Labute approximate surface area is 192 Å². The highest BCUT2D eigenvalue weighted by Crippen LogP contribution is 2.23. The Morgan fingerprint density at radius 2 is 1.78 bits per heavy atom. The molecule has 7 heteroatoms. The maximum absolute atomic E-state index is 14.3. The van der Waals surface area contributed by atoms with E-state index in [1.54, 1.807) is 12.1 Å². The zero-order valence-corrected chi connectivity index (χ0v) is 19.0. The summed E-state index contributed by atoms with van der Waals surface area (Å²) in [4.78, 5) is 27.9. The number of rotatable bonds is 8. The third-order valence-electron chi connectivity index (χ3n) is 5.99. The molecule has 1 N–H and O–H groups in total. The molecule has 0 bridgehead atoms. The van der Waals surface area contributed by atoms with Crippen molar-refractivity contribution in [1.82, 2.24) is 10.2 Å². The summed E-state index contributed by atoms with van der Waals surface area (Å²) in [6.45, 7) is 1.95. The number of hydrogen-bond acceptors (Lipinski definition) is 2. The van der Waals surface area contributed by atoms with Gasteiger partial charge in [-0.2, -0.15) is 0 Å². The molecular weight excluding hydrogens is 434 g/mol. The normalized spacial score (nSPS) is 15.2. The fourth-order valence-corrected chi connectivity index (χ4v) is 4.43. The van der Waals surface area contributed by atoms with Crippen molar-refractivity contribution in [3.05, 3.63) is 70.2 Å². The van der Waals surface area contributed by atoms with Crippen LogP contribution in [0.2, 0.25) is 5.02 Å². The van der Waals surface area contributed by atoms with Gasteiger partial charge in [-0.3, -0.25) is 9.59 Å². The molecule has 0 heterocycles. The summed E-state index contributed by atoms with van der Waals surface area (Å²) in [6, 6.07) is 9.44. The number of hydrogen-bond donors (Lipinski definition) is 1. The highest BCUT2D eigenvalue weighted by atomic mass is 35.5. The van der Waals surface area contributed by atoms with Gasteiger partial charge in [0, 0.05) is 23.2 Å². The van der Waals surface area contributed by atoms with Crippen LogP contribution in [-0.4, -0.2) is 28.8 Å². The smallest absolute Gasteiger partial charge is 0.243 e. The lowest BCUT2D eigenvalue weighted by Gasteiger charge is -2.33. The molecule has 1 aliphatic rings. The zero-order valence-electron chi connectivity index (χ0n) is 18.3. The summed E-state index contributed by atoms with van der Waals surface area (Å²) in [7, 11) is 0. The van der Waals surface area contributed by atoms with Gasteiger partial charge in [0.05, 0.1) is 6.42 Å². The van der Waals surface area contributed by atoms with Gasteiger partial charge in [-0.1, -0.05) is 56.0 Å². The van der Waals surface area contributed by atoms with Crippen molar-refractivity contribution < 1.29 is 18.4 Å². The van der Waals surface area contributed by atoms with E-state index in [9.17, 15) is 18.4 Å². The van der Waals surface area contributed by atoms with E-state index in [4.69, 9.17) is 11.6 Å². The second-order valence-electron chi connectivity index (χ2n) is 8.29. The molecule has 4 nitrogen and oxygen atoms in total. The van der Waals surface area contributed by atoms with Crippen LogP contribution in [0.25, 0.3) is 0 Å². The van der Waals surface area contributed by atoms with E-state index in [0.29, 0.717) is 12.0 Å². The van der Waals surface area contributed by atoms with E-state index in [1.807, 2.05) is 6.92 Å². The third kappa shape index (κ3) is 6.28. The molecule has 0 spiro atoms. The molecule has 1 aliphatic carbocycles. The molecule has 172 valence electrons. The number of nitrogens with zero attached hydrogens (tertiary/aromatic N) is 1. The highest BCUT2D eigenvalue weighted by molar-refractivity contribution is 6.31. The molecule has 0 aromatic heterocycles. The Morgan fingerprint density at radius 3 is 2.41 bits per heavy atom. The number of halogens is 3. The standard InChI is InChI=1S/C25H29ClF2N2O2/c1-2-23(25(32)29-19-7-4-3-5-8-19)30(16-17-11-13-18(27)14-12-17)24(31)15-20-21(26)9-6-10-22(20)28/h6,9-14,19,23H,2-5,7-8,15-16H2,1H3,(H,29,32)/t23-/m1/s1. The van der Waals surface area contributed by atoms with Crippen LogP contribution in [0.15, 0.2) is 42.5 Å². The second-order valence-corrected chi connectivity index (χ2v) is 8.70. The summed E-state index contributed by atoms with van der Waals surface area (Å²) in [5.74, 6) is -1.57. The zero-order chi connectivity index (χ0) is 23.1. The summed E-state index contributed by atoms with van der Waals surface area (Å²) in [5.41, 5.74) is 0.786. The Morgan fingerprint density at radius 1 is 1.09 bits per heavy atom. The van der Waals surface area contributed by atoms with Crippen LogP contribution in [0.5, 0.6) is 0 Å². The largest absolute Gasteiger partial charge is 0.352 e. The first-order valence-corrected chi connectivity index (χ1v) is 11.5. The van der Waals surface area contributed by atoms with E-state index >= 15 is 0 Å². The first-order valence-electron chi connectivity index (χ1n) is 11.2. The van der Waals surface area contributed by atoms with Crippen molar-refractivity contribution >= 4 is 23.4 Å². The van der Waals surface area contributed by atoms with E-state index in [-0.39, 0.29) is 41.3 Å². The average Bonchev–Trinajstić information content (AvgIpc) is 2.78. The molecule has 2 aromatic carbocycles. The monoisotopic (exact) mass is 462 g/mol. The highest BCUT2D eigenvalue weighted by Gasteiger charge is 2.31. The number of carbonyl (C=O) groups is 2. The average molecular weight is 463 g/mol. The summed E-state index contributed by atoms with van der Waals surface area (Å²) < 4.78 is 27.7. The molecular formula is C25H29ClF2N2O2. The van der Waals surface area contributed by atoms with Gasteiger partial charge in [-0.15, -0.1) is 0 Å². The fourth-order valence-electron chi connectivity index (χ4n) is 4.20. The van der Waals surface area contributed by atoms with Crippen molar-refractivity contribution in [2.75, 3.05) is 0 Å². The molecule has 2 aromatic rings. The Bertz CT molecular complexity index is 910. The quantitative estimate of drug-likeness (QED) is 0.569. The minimum atomic E-state index is -0.722. The van der Waals surface area contributed by atoms with Gasteiger partial charge in [0.25, 0.3) is 0 Å². The molecule has 3 rings (SSSR count). The van der Waals surface area contributed by atoms with Crippen LogP contribution in [0.1, 0.15) is 56.6 Å². The molecule has 1 atom stereocenters. The van der Waals surface area contributed by atoms with Crippen LogP contribution >= 0.6 is 11.6 Å². The molecule has 0 radical (unpaired) electrons.